The molecule has 0 saturated heterocycles. The summed E-state index contributed by atoms with van der Waals surface area (Å²) in [4.78, 5) is 19.9. The Morgan fingerprint density at radius 3 is 1.58 bits per heavy atom. The van der Waals surface area contributed by atoms with Crippen molar-refractivity contribution in [3.63, 3.8) is 0 Å². The molecule has 0 saturated carbocycles. The number of hydrogen-bond donors (Lipinski definition) is 2. The van der Waals surface area contributed by atoms with E-state index >= 15 is 0 Å². The van der Waals surface area contributed by atoms with Gasteiger partial charge in [-0.15, -0.1) is 0 Å². The second kappa shape index (κ2) is 8.81. The predicted octanol–water partition coefficient (Wildman–Crippen LogP) is 0.727. The largest absolute Gasteiger partial charge is 0.481 e. The maximum Gasteiger partial charge on any atom is 0.304 e. The molecule has 0 spiro atoms. The van der Waals surface area contributed by atoms with E-state index in [1.165, 1.54) is 11.8 Å². The van der Waals surface area contributed by atoms with Crippen LogP contribution in [0.3, 0.4) is 0 Å². The summed E-state index contributed by atoms with van der Waals surface area (Å²) in [5.74, 6) is -0.703. The van der Waals surface area contributed by atoms with E-state index in [4.69, 9.17) is 10.2 Å². The van der Waals surface area contributed by atoms with Crippen molar-refractivity contribution in [3.8, 4) is 0 Å². The molecule has 0 aromatic heterocycles. The summed E-state index contributed by atoms with van der Waals surface area (Å²) in [5, 5.41) is 16.4. The van der Waals surface area contributed by atoms with Crippen LogP contribution in [0.1, 0.15) is 12.8 Å². The fourth-order valence-electron chi connectivity index (χ4n) is 0.421. The van der Waals surface area contributed by atoms with Crippen molar-refractivity contribution in [2.75, 3.05) is 11.5 Å². The number of carboxylic acids is 2. The zero-order chi connectivity index (χ0) is 8.69. The number of aliphatic carboxylic acids is 2. The molecule has 0 rings (SSSR count). The lowest BCUT2D eigenvalue weighted by atomic mass is 10.5. The van der Waals surface area contributed by atoms with Gasteiger partial charge in [-0.1, -0.05) is 0 Å². The molecule has 0 aliphatic heterocycles. The predicted molar refractivity (Wildman–Crippen MR) is 52.9 cm³/mol. The maximum atomic E-state index is 9.97. The van der Waals surface area contributed by atoms with E-state index in [0.717, 1.165) is 0 Å². The average Bonchev–Trinajstić information content (AvgIpc) is 1.85. The normalized spacial score (nSPS) is 8.67. The number of carboxylic acid groups (broad SMARTS) is 2. The van der Waals surface area contributed by atoms with Gasteiger partial charge in [0.25, 0.3) is 0 Å². The van der Waals surface area contributed by atoms with Crippen LogP contribution >= 0.6 is 21.7 Å². The molecular weight excluding hydrogens is 199 g/mol. The van der Waals surface area contributed by atoms with Crippen LogP contribution in [0.4, 0.5) is 0 Å². The SMILES string of the molecule is O=C(O)CCSCCC(=O)O.P. The van der Waals surface area contributed by atoms with Gasteiger partial charge in [0.15, 0.2) is 0 Å². The van der Waals surface area contributed by atoms with E-state index in [2.05, 4.69) is 0 Å². The molecule has 0 aliphatic carbocycles. The third-order valence-corrected chi connectivity index (χ3v) is 1.91. The second-order valence-corrected chi connectivity index (χ2v) is 3.12. The van der Waals surface area contributed by atoms with Crippen LogP contribution < -0.4 is 0 Å². The highest BCUT2D eigenvalue weighted by atomic mass is 32.2. The van der Waals surface area contributed by atoms with Crippen LogP contribution in [0.25, 0.3) is 0 Å². The summed E-state index contributed by atoms with van der Waals surface area (Å²) in [7, 11) is 0. The number of thioether (sulfide) groups is 1. The standard InChI is InChI=1S/C6H10O4S.H3P/c7-5(8)1-3-11-4-2-6(9)10;/h1-4H2,(H,7,8)(H,9,10);1H3. The molecule has 0 aromatic carbocycles. The Balaban J connectivity index is 0. The van der Waals surface area contributed by atoms with E-state index in [9.17, 15) is 9.59 Å². The lowest BCUT2D eigenvalue weighted by molar-refractivity contribution is -0.137. The van der Waals surface area contributed by atoms with Gasteiger partial charge >= 0.3 is 11.9 Å². The fourth-order valence-corrected chi connectivity index (χ4v) is 1.26. The van der Waals surface area contributed by atoms with Crippen molar-refractivity contribution in [1.82, 2.24) is 0 Å². The molecule has 0 amide bonds. The van der Waals surface area contributed by atoms with Gasteiger partial charge < -0.3 is 10.2 Å². The molecular formula is C6H13O4PS. The van der Waals surface area contributed by atoms with Crippen molar-refractivity contribution in [2.24, 2.45) is 0 Å². The van der Waals surface area contributed by atoms with Gasteiger partial charge in [0.1, 0.15) is 0 Å². The van der Waals surface area contributed by atoms with Crippen LogP contribution in [-0.2, 0) is 9.59 Å². The summed E-state index contributed by atoms with van der Waals surface area (Å²) < 4.78 is 0. The zero-order valence-electron chi connectivity index (χ0n) is 6.65. The highest BCUT2D eigenvalue weighted by Crippen LogP contribution is 2.03. The summed E-state index contributed by atoms with van der Waals surface area (Å²) in [6.45, 7) is 0. The number of carbonyl (C=O) groups is 2. The Morgan fingerprint density at radius 1 is 1.00 bits per heavy atom. The van der Waals surface area contributed by atoms with Crippen molar-refractivity contribution < 1.29 is 19.8 Å². The van der Waals surface area contributed by atoms with Crippen molar-refractivity contribution in [3.05, 3.63) is 0 Å². The second-order valence-electron chi connectivity index (χ2n) is 1.90. The molecule has 0 aromatic rings. The summed E-state index contributed by atoms with van der Waals surface area (Å²) >= 11 is 1.35. The van der Waals surface area contributed by atoms with Crippen LogP contribution in [0.15, 0.2) is 0 Å². The first kappa shape index (κ1) is 14.3. The highest BCUT2D eigenvalue weighted by Gasteiger charge is 1.98. The first-order valence-corrected chi connectivity index (χ1v) is 4.29. The van der Waals surface area contributed by atoms with E-state index < -0.39 is 11.9 Å². The van der Waals surface area contributed by atoms with E-state index in [1.807, 2.05) is 0 Å². The molecule has 2 N–H and O–H groups in total. The van der Waals surface area contributed by atoms with Crippen molar-refractivity contribution in [1.29, 1.82) is 0 Å². The Hall–Kier alpha value is -0.280. The molecule has 0 heterocycles. The smallest absolute Gasteiger partial charge is 0.304 e. The van der Waals surface area contributed by atoms with Gasteiger partial charge in [0.05, 0.1) is 12.8 Å². The van der Waals surface area contributed by atoms with E-state index in [1.54, 1.807) is 0 Å². The van der Waals surface area contributed by atoms with Crippen LogP contribution in [-0.4, -0.2) is 33.7 Å². The first-order valence-electron chi connectivity index (χ1n) is 3.14. The summed E-state index contributed by atoms with van der Waals surface area (Å²) in [6.07, 6.45) is 0.203. The van der Waals surface area contributed by atoms with Gasteiger partial charge in [-0.25, -0.2) is 0 Å². The lowest BCUT2D eigenvalue weighted by Crippen LogP contribution is -1.99. The number of hydrogen-bond acceptors (Lipinski definition) is 3. The van der Waals surface area contributed by atoms with Gasteiger partial charge in [-0.3, -0.25) is 9.59 Å². The molecule has 0 radical (unpaired) electrons. The van der Waals surface area contributed by atoms with Crippen LogP contribution in [0, 0.1) is 0 Å². The molecule has 0 bridgehead atoms. The molecule has 1 unspecified atom stereocenters. The third kappa shape index (κ3) is 12.4. The van der Waals surface area contributed by atoms with Gasteiger partial charge in [-0.05, 0) is 0 Å². The molecule has 0 aliphatic rings. The molecule has 72 valence electrons. The monoisotopic (exact) mass is 212 g/mol. The van der Waals surface area contributed by atoms with Crippen molar-refractivity contribution >= 4 is 33.6 Å². The minimum Gasteiger partial charge on any atom is -0.481 e. The summed E-state index contributed by atoms with van der Waals surface area (Å²) in [5.41, 5.74) is 0. The topological polar surface area (TPSA) is 74.6 Å². The molecule has 12 heavy (non-hydrogen) atoms. The quantitative estimate of drug-likeness (QED) is 0.501. The first-order chi connectivity index (χ1) is 5.13. The van der Waals surface area contributed by atoms with E-state index in [0.29, 0.717) is 11.5 Å². The molecule has 0 fully saturated rings. The third-order valence-electron chi connectivity index (χ3n) is 0.921. The highest BCUT2D eigenvalue weighted by molar-refractivity contribution is 7.99. The molecule has 1 atom stereocenters. The molecule has 4 nitrogen and oxygen atoms in total. The number of rotatable bonds is 6. The Bertz CT molecular complexity index is 134. The van der Waals surface area contributed by atoms with Crippen molar-refractivity contribution in [2.45, 2.75) is 12.8 Å². The van der Waals surface area contributed by atoms with Gasteiger partial charge in [0, 0.05) is 11.5 Å². The zero-order valence-corrected chi connectivity index (χ0v) is 8.89. The molecule has 6 heteroatoms. The lowest BCUT2D eigenvalue weighted by Gasteiger charge is -1.94. The Labute approximate surface area is 78.3 Å². The van der Waals surface area contributed by atoms with Gasteiger partial charge in [0.2, 0.25) is 0 Å². The minimum atomic E-state index is -0.840. The Kier molecular flexibility index (Phi) is 10.5. The van der Waals surface area contributed by atoms with Crippen LogP contribution in [0.2, 0.25) is 0 Å². The summed E-state index contributed by atoms with van der Waals surface area (Å²) in [6, 6.07) is 0. The van der Waals surface area contributed by atoms with Crippen LogP contribution in [0.5, 0.6) is 0 Å². The van der Waals surface area contributed by atoms with E-state index in [-0.39, 0.29) is 22.7 Å². The maximum absolute atomic E-state index is 9.97. The minimum absolute atomic E-state index is 0. The van der Waals surface area contributed by atoms with Gasteiger partial charge in [-0.2, -0.15) is 21.7 Å². The Morgan fingerprint density at radius 2 is 1.33 bits per heavy atom. The average molecular weight is 212 g/mol. The fraction of sp³-hybridized carbons (Fsp3) is 0.667.